The van der Waals surface area contributed by atoms with E-state index in [1.165, 1.54) is 0 Å². The molecule has 0 fully saturated rings. The van der Waals surface area contributed by atoms with Gasteiger partial charge in [0.2, 0.25) is 0 Å². The van der Waals surface area contributed by atoms with Gasteiger partial charge in [-0.2, -0.15) is 0 Å². The fourth-order valence-corrected chi connectivity index (χ4v) is 0. The Balaban J connectivity index is 0. The van der Waals surface area contributed by atoms with Crippen molar-refractivity contribution in [1.29, 1.82) is 0 Å². The fraction of sp³-hybridized carbons (Fsp3) is 0. The van der Waals surface area contributed by atoms with Gasteiger partial charge in [0.25, 0.3) is 0 Å². The van der Waals surface area contributed by atoms with Crippen molar-refractivity contribution in [1.82, 2.24) is 0 Å². The average Bonchev–Trinajstić information content (AvgIpc) is 1.50. The molecule has 0 aliphatic carbocycles. The Hall–Kier alpha value is 0.0283. The third-order valence-corrected chi connectivity index (χ3v) is 0. The molecule has 0 N–H and O–H groups in total. The molecule has 0 radical (unpaired) electrons. The van der Waals surface area contributed by atoms with Crippen LogP contribution in [0.1, 0.15) is 0 Å². The van der Waals surface area contributed by atoms with Gasteiger partial charge in [0.15, 0.2) is 0 Å². The van der Waals surface area contributed by atoms with Gasteiger partial charge in [-0.15, -0.1) is 0 Å². The van der Waals surface area contributed by atoms with Crippen molar-refractivity contribution in [3.05, 3.63) is 6.42 Å². The first-order valence-corrected chi connectivity index (χ1v) is 2.22. The van der Waals surface area contributed by atoms with Crippen LogP contribution in [-0.4, -0.2) is 0 Å². The molecule has 1 heteroatoms. The fourth-order valence-electron chi connectivity index (χ4n) is 0. The van der Waals surface area contributed by atoms with Gasteiger partial charge in [-0.3, -0.25) is 0 Å². The van der Waals surface area contributed by atoms with Crippen LogP contribution in [0.3, 0.4) is 0 Å². The van der Waals surface area contributed by atoms with Crippen molar-refractivity contribution in [2.45, 2.75) is 0 Å². The molecule has 0 nitrogen and oxygen atoms in total. The van der Waals surface area contributed by atoms with E-state index in [0.29, 0.717) is 0 Å². The summed E-state index contributed by atoms with van der Waals surface area (Å²) in [4.78, 5) is 0. The van der Waals surface area contributed by atoms with E-state index >= 15 is 0 Å². The van der Waals surface area contributed by atoms with Gasteiger partial charge >= 0.3 is 23.9 Å². The van der Waals surface area contributed by atoms with E-state index in [2.05, 4.69) is 11.1 Å². The molecule has 0 atom stereocenters. The predicted octanol–water partition coefficient (Wildman–Crippen LogP) is 0.328. The SMILES string of the molecule is [C-]#C.[CH]#[W+]. The van der Waals surface area contributed by atoms with Crippen molar-refractivity contribution >= 4 is 0 Å². The van der Waals surface area contributed by atoms with Crippen LogP contribution < -0.4 is 0 Å². The summed E-state index contributed by atoms with van der Waals surface area (Å²) < 4.78 is 4.58. The van der Waals surface area contributed by atoms with E-state index in [1.54, 1.807) is 0 Å². The second-order valence-electron chi connectivity index (χ2n) is 0. The maximum absolute atomic E-state index is 5.25. The van der Waals surface area contributed by atoms with Crippen LogP contribution in [0, 0.1) is 17.6 Å². The molecule has 4 heavy (non-hydrogen) atoms. The Kier molecular flexibility index (Phi) is 34900. The minimum absolute atomic E-state index is 1.08. The van der Waals surface area contributed by atoms with Crippen molar-refractivity contribution in [3.63, 3.8) is 0 Å². The van der Waals surface area contributed by atoms with Gasteiger partial charge < -0.3 is 12.8 Å². The Morgan fingerprint density at radius 2 is 1.25 bits per heavy atom. The van der Waals surface area contributed by atoms with Crippen molar-refractivity contribution in [3.8, 4) is 11.1 Å². The number of terminal acetylenes is 1. The summed E-state index contributed by atoms with van der Waals surface area (Å²) in [5, 5.41) is 0. The van der Waals surface area contributed by atoms with Crippen molar-refractivity contribution in [2.75, 3.05) is 0 Å². The van der Waals surface area contributed by atoms with Crippen molar-refractivity contribution < 1.29 is 19.2 Å². The second-order valence-corrected chi connectivity index (χ2v) is 0. The molecule has 0 heterocycles. The molecule has 0 amide bonds. The topological polar surface area (TPSA) is 0 Å². The molecule has 0 aliphatic heterocycles. The molecule has 0 unspecified atom stereocenters. The average molecular weight is 222 g/mol. The molecule has 20 valence electrons. The summed E-state index contributed by atoms with van der Waals surface area (Å²) >= 11 is 1.08. The Labute approximate surface area is 37.2 Å². The third-order valence-electron chi connectivity index (χ3n) is 0. The molecule has 0 aromatic rings. The molecule has 0 rings (SSSR count). The molecule has 0 aromatic carbocycles. The van der Waals surface area contributed by atoms with E-state index < -0.39 is 0 Å². The van der Waals surface area contributed by atoms with E-state index in [4.69, 9.17) is 6.42 Å². The number of hydrogen-bond acceptors (Lipinski definition) is 0. The zero-order chi connectivity index (χ0) is 4.00. The summed E-state index contributed by atoms with van der Waals surface area (Å²) in [5.41, 5.74) is 0. The molecule has 0 saturated carbocycles. The van der Waals surface area contributed by atoms with E-state index in [-0.39, 0.29) is 0 Å². The van der Waals surface area contributed by atoms with Crippen LogP contribution >= 0.6 is 0 Å². The molecule has 0 aromatic heterocycles. The van der Waals surface area contributed by atoms with E-state index in [1.807, 2.05) is 0 Å². The van der Waals surface area contributed by atoms with Crippen LogP contribution in [0.2, 0.25) is 0 Å². The summed E-state index contributed by atoms with van der Waals surface area (Å²) in [5.74, 6) is 0. The first-order chi connectivity index (χ1) is 2.00. The van der Waals surface area contributed by atoms with Gasteiger partial charge in [-0.05, 0) is 0 Å². The zero-order valence-corrected chi connectivity index (χ0v) is 5.00. The van der Waals surface area contributed by atoms with Gasteiger partial charge in [0.1, 0.15) is 0 Å². The number of hydrogen-bond donors (Lipinski definition) is 0. The molecule has 0 saturated heterocycles. The standard InChI is InChI=1S/C2H.CH.W/c1-2;;/h1H;1H;/q-1;;+1. The van der Waals surface area contributed by atoms with Crippen LogP contribution in [0.4, 0.5) is 0 Å². The number of rotatable bonds is 0. The van der Waals surface area contributed by atoms with Gasteiger partial charge in [0.05, 0.1) is 0 Å². The molecular weight excluding hydrogens is 220 g/mol. The van der Waals surface area contributed by atoms with Crippen LogP contribution in [0.25, 0.3) is 0 Å². The first-order valence-electron chi connectivity index (χ1n) is 0.524. The minimum atomic E-state index is 1.08. The summed E-state index contributed by atoms with van der Waals surface area (Å²) in [6.45, 7) is 0. The van der Waals surface area contributed by atoms with Crippen LogP contribution in [-0.2, 0) is 19.2 Å². The van der Waals surface area contributed by atoms with Gasteiger partial charge in [-0.1, -0.05) is 0 Å². The van der Waals surface area contributed by atoms with Crippen molar-refractivity contribution in [2.24, 2.45) is 0 Å². The van der Waals surface area contributed by atoms with Gasteiger partial charge in [-0.25, -0.2) is 0 Å². The molecule has 0 spiro atoms. The quantitative estimate of drug-likeness (QED) is 0.409. The summed E-state index contributed by atoms with van der Waals surface area (Å²) in [6, 6.07) is 0. The van der Waals surface area contributed by atoms with Gasteiger partial charge in [0, 0.05) is 0 Å². The summed E-state index contributed by atoms with van der Waals surface area (Å²) in [7, 11) is 0. The second kappa shape index (κ2) is 15500. The normalized spacial score (nSPS) is 1.00. The van der Waals surface area contributed by atoms with E-state index in [9.17, 15) is 0 Å². The third kappa shape index (κ3) is 2680. The zero-order valence-electron chi connectivity index (χ0n) is 2.06. The van der Waals surface area contributed by atoms with E-state index in [0.717, 1.165) is 19.2 Å². The molecule has 0 bridgehead atoms. The molecular formula is C3H2W. The summed E-state index contributed by atoms with van der Waals surface area (Å²) in [6.07, 6.45) is 9.00. The first kappa shape index (κ1) is 8.98. The maximum atomic E-state index is 5.25. The van der Waals surface area contributed by atoms with Crippen LogP contribution in [0.5, 0.6) is 0 Å². The monoisotopic (exact) mass is 222 g/mol. The van der Waals surface area contributed by atoms with Crippen LogP contribution in [0.15, 0.2) is 0 Å². The Bertz CT molecular complexity index is 18.8. The Morgan fingerprint density at radius 1 is 1.25 bits per heavy atom. The predicted molar refractivity (Wildman–Crippen MR) is 13.1 cm³/mol. The Morgan fingerprint density at radius 3 is 1.25 bits per heavy atom. The molecule has 0 aliphatic rings.